The lowest BCUT2D eigenvalue weighted by atomic mass is 10.0. The molecule has 66 valence electrons. The van der Waals surface area contributed by atoms with Crippen LogP contribution in [0.15, 0.2) is 22.8 Å². The van der Waals surface area contributed by atoms with E-state index >= 15 is 0 Å². The maximum Gasteiger partial charge on any atom is 0.130 e. The molecule has 1 nitrogen and oxygen atoms in total. The van der Waals surface area contributed by atoms with E-state index in [4.69, 9.17) is 11.6 Å². The molecule has 0 unspecified atom stereocenters. The molecule has 0 N–H and O–H groups in total. The van der Waals surface area contributed by atoms with Gasteiger partial charge in [0.05, 0.1) is 0 Å². The molecule has 0 aromatic carbocycles. The summed E-state index contributed by atoms with van der Waals surface area (Å²) in [7, 11) is 0. The summed E-state index contributed by atoms with van der Waals surface area (Å²) in [4.78, 5) is 10.7. The lowest BCUT2D eigenvalue weighted by Gasteiger charge is -2.09. The minimum atomic E-state index is 0.228. The van der Waals surface area contributed by atoms with Crippen LogP contribution < -0.4 is 0 Å². The van der Waals surface area contributed by atoms with Crippen LogP contribution in [0.5, 0.6) is 0 Å². The standard InChI is InChI=1S/C10H13ClO/c1-8(12)6-7-9-4-2-3-5-10(9)11/h2,4H,3,5-7H2,1H3. The molecule has 12 heavy (non-hydrogen) atoms. The van der Waals surface area contributed by atoms with Gasteiger partial charge in [0.25, 0.3) is 0 Å². The highest BCUT2D eigenvalue weighted by Gasteiger charge is 2.06. The zero-order valence-corrected chi connectivity index (χ0v) is 8.03. The summed E-state index contributed by atoms with van der Waals surface area (Å²) in [5, 5.41) is 0.929. The first-order valence-corrected chi connectivity index (χ1v) is 4.61. The van der Waals surface area contributed by atoms with Gasteiger partial charge in [-0.1, -0.05) is 23.8 Å². The van der Waals surface area contributed by atoms with Crippen LogP contribution in [0.4, 0.5) is 0 Å². The fraction of sp³-hybridized carbons (Fsp3) is 0.500. The monoisotopic (exact) mass is 184 g/mol. The molecule has 0 bridgehead atoms. The number of hydrogen-bond acceptors (Lipinski definition) is 1. The highest BCUT2D eigenvalue weighted by molar-refractivity contribution is 6.30. The molecule has 1 aliphatic carbocycles. The summed E-state index contributed by atoms with van der Waals surface area (Å²) in [5.41, 5.74) is 1.14. The number of allylic oxidation sites excluding steroid dienone is 4. The molecule has 0 heterocycles. The minimum Gasteiger partial charge on any atom is -0.300 e. The predicted octanol–water partition coefficient (Wildman–Crippen LogP) is 3.20. The number of Topliss-reactive ketones (excluding diaryl/α,β-unsaturated/α-hetero) is 1. The van der Waals surface area contributed by atoms with Crippen LogP contribution >= 0.6 is 11.6 Å². The Kier molecular flexibility index (Phi) is 3.54. The summed E-state index contributed by atoms with van der Waals surface area (Å²) >= 11 is 5.98. The van der Waals surface area contributed by atoms with Crippen molar-refractivity contribution in [1.82, 2.24) is 0 Å². The van der Waals surface area contributed by atoms with E-state index in [1.54, 1.807) is 6.92 Å². The smallest absolute Gasteiger partial charge is 0.130 e. The average Bonchev–Trinajstić information content (AvgIpc) is 2.03. The Hall–Kier alpha value is -0.560. The van der Waals surface area contributed by atoms with Gasteiger partial charge in [-0.2, -0.15) is 0 Å². The lowest BCUT2D eigenvalue weighted by molar-refractivity contribution is -0.116. The van der Waals surface area contributed by atoms with Crippen molar-refractivity contribution in [3.8, 4) is 0 Å². The number of hydrogen-bond donors (Lipinski definition) is 0. The fourth-order valence-corrected chi connectivity index (χ4v) is 1.48. The second kappa shape index (κ2) is 4.46. The van der Waals surface area contributed by atoms with E-state index in [2.05, 4.69) is 6.08 Å². The van der Waals surface area contributed by atoms with Crippen LogP contribution in [-0.4, -0.2) is 5.78 Å². The molecular weight excluding hydrogens is 172 g/mol. The molecule has 0 radical (unpaired) electrons. The second-order valence-corrected chi connectivity index (χ2v) is 3.53. The number of carbonyl (C=O) groups excluding carboxylic acids is 1. The largest absolute Gasteiger partial charge is 0.300 e. The van der Waals surface area contributed by atoms with E-state index in [-0.39, 0.29) is 5.78 Å². The quantitative estimate of drug-likeness (QED) is 0.659. The van der Waals surface area contributed by atoms with Crippen molar-refractivity contribution in [3.05, 3.63) is 22.8 Å². The Morgan fingerprint density at radius 2 is 2.42 bits per heavy atom. The van der Waals surface area contributed by atoms with Crippen molar-refractivity contribution in [3.63, 3.8) is 0 Å². The van der Waals surface area contributed by atoms with Crippen LogP contribution in [0.2, 0.25) is 0 Å². The topological polar surface area (TPSA) is 17.1 Å². The maximum atomic E-state index is 10.7. The first-order chi connectivity index (χ1) is 5.70. The summed E-state index contributed by atoms with van der Waals surface area (Å²) in [6.07, 6.45) is 7.52. The number of carbonyl (C=O) groups is 1. The Bertz CT molecular complexity index is 238. The molecule has 1 aliphatic rings. The van der Waals surface area contributed by atoms with E-state index < -0.39 is 0 Å². The molecule has 1 rings (SSSR count). The van der Waals surface area contributed by atoms with E-state index in [1.165, 1.54) is 0 Å². The summed E-state index contributed by atoms with van der Waals surface area (Å²) in [5.74, 6) is 0.228. The van der Waals surface area contributed by atoms with Gasteiger partial charge in [-0.3, -0.25) is 0 Å². The number of rotatable bonds is 3. The van der Waals surface area contributed by atoms with Crippen LogP contribution in [0.1, 0.15) is 32.6 Å². The minimum absolute atomic E-state index is 0.228. The lowest BCUT2D eigenvalue weighted by Crippen LogP contribution is -1.94. The fourth-order valence-electron chi connectivity index (χ4n) is 1.22. The molecule has 0 fully saturated rings. The van der Waals surface area contributed by atoms with Crippen molar-refractivity contribution in [1.29, 1.82) is 0 Å². The molecular formula is C10H13ClO. The van der Waals surface area contributed by atoms with Gasteiger partial charge in [0.15, 0.2) is 0 Å². The predicted molar refractivity (Wildman–Crippen MR) is 51.2 cm³/mol. The van der Waals surface area contributed by atoms with Gasteiger partial charge in [0.1, 0.15) is 5.78 Å². The van der Waals surface area contributed by atoms with Crippen LogP contribution in [-0.2, 0) is 4.79 Å². The van der Waals surface area contributed by atoms with Crippen molar-refractivity contribution < 1.29 is 4.79 Å². The van der Waals surface area contributed by atoms with Crippen molar-refractivity contribution >= 4 is 17.4 Å². The Morgan fingerprint density at radius 3 is 3.00 bits per heavy atom. The summed E-state index contributed by atoms with van der Waals surface area (Å²) in [6.45, 7) is 1.61. The second-order valence-electron chi connectivity index (χ2n) is 3.07. The van der Waals surface area contributed by atoms with E-state index in [0.29, 0.717) is 6.42 Å². The maximum absolute atomic E-state index is 10.7. The van der Waals surface area contributed by atoms with Crippen LogP contribution in [0.25, 0.3) is 0 Å². The average molecular weight is 185 g/mol. The highest BCUT2D eigenvalue weighted by Crippen LogP contribution is 2.25. The zero-order valence-electron chi connectivity index (χ0n) is 7.27. The molecule has 0 aromatic heterocycles. The van der Waals surface area contributed by atoms with Gasteiger partial charge < -0.3 is 4.79 Å². The first kappa shape index (κ1) is 9.53. The Labute approximate surface area is 78.1 Å². The van der Waals surface area contributed by atoms with E-state index in [0.717, 1.165) is 29.9 Å². The third-order valence-corrected chi connectivity index (χ3v) is 2.38. The van der Waals surface area contributed by atoms with Crippen molar-refractivity contribution in [2.24, 2.45) is 0 Å². The van der Waals surface area contributed by atoms with Gasteiger partial charge in [-0.15, -0.1) is 0 Å². The Balaban J connectivity index is 2.50. The van der Waals surface area contributed by atoms with E-state index in [1.807, 2.05) is 6.08 Å². The third kappa shape index (κ3) is 2.82. The van der Waals surface area contributed by atoms with Crippen molar-refractivity contribution in [2.75, 3.05) is 0 Å². The van der Waals surface area contributed by atoms with Crippen LogP contribution in [0.3, 0.4) is 0 Å². The summed E-state index contributed by atoms with van der Waals surface area (Å²) in [6, 6.07) is 0. The van der Waals surface area contributed by atoms with E-state index in [9.17, 15) is 4.79 Å². The molecule has 0 amide bonds. The van der Waals surface area contributed by atoms with Crippen LogP contribution in [0, 0.1) is 0 Å². The molecule has 2 heteroatoms. The molecule has 0 saturated heterocycles. The van der Waals surface area contributed by atoms with Gasteiger partial charge >= 0.3 is 0 Å². The molecule has 0 aliphatic heterocycles. The first-order valence-electron chi connectivity index (χ1n) is 4.23. The Morgan fingerprint density at radius 1 is 1.67 bits per heavy atom. The highest BCUT2D eigenvalue weighted by atomic mass is 35.5. The SMILES string of the molecule is CC(=O)CCC1=C(Cl)CCC=C1. The molecule has 0 saturated carbocycles. The van der Waals surface area contributed by atoms with Crippen molar-refractivity contribution in [2.45, 2.75) is 32.6 Å². The molecule has 0 aromatic rings. The summed E-state index contributed by atoms with van der Waals surface area (Å²) < 4.78 is 0. The van der Waals surface area contributed by atoms with Gasteiger partial charge in [0, 0.05) is 11.5 Å². The normalized spacial score (nSPS) is 16.8. The van der Waals surface area contributed by atoms with Gasteiger partial charge in [0.2, 0.25) is 0 Å². The number of ketones is 1. The third-order valence-electron chi connectivity index (χ3n) is 1.94. The number of halogens is 1. The molecule has 0 atom stereocenters. The van der Waals surface area contributed by atoms with Gasteiger partial charge in [-0.25, -0.2) is 0 Å². The zero-order chi connectivity index (χ0) is 8.97. The van der Waals surface area contributed by atoms with Gasteiger partial charge in [-0.05, 0) is 31.8 Å². The molecule has 0 spiro atoms.